The molecule has 0 amide bonds. The summed E-state index contributed by atoms with van der Waals surface area (Å²) >= 11 is 0. The summed E-state index contributed by atoms with van der Waals surface area (Å²) in [6.07, 6.45) is -1.72. The molecule has 0 spiro atoms. The van der Waals surface area contributed by atoms with E-state index in [1.54, 1.807) is 0 Å². The minimum atomic E-state index is -1.26. The van der Waals surface area contributed by atoms with Crippen molar-refractivity contribution in [2.75, 3.05) is 12.3 Å². The molecule has 9 heteroatoms. The van der Waals surface area contributed by atoms with E-state index in [0.717, 1.165) is 0 Å². The summed E-state index contributed by atoms with van der Waals surface area (Å²) in [5.74, 6) is 0.141. The number of aromatic nitrogens is 3. The molecule has 3 heterocycles. The van der Waals surface area contributed by atoms with Crippen LogP contribution in [0, 0.1) is 11.3 Å². The first-order valence-corrected chi connectivity index (χ1v) is 6.22. The molecule has 21 heavy (non-hydrogen) atoms. The molecule has 1 aliphatic rings. The first kappa shape index (κ1) is 13.7. The Bertz CT molecular complexity index is 724. The zero-order valence-corrected chi connectivity index (χ0v) is 10.8. The molecule has 2 aromatic heterocycles. The van der Waals surface area contributed by atoms with Crippen LogP contribution >= 0.6 is 0 Å². The van der Waals surface area contributed by atoms with E-state index in [4.69, 9.17) is 20.8 Å². The van der Waals surface area contributed by atoms with Gasteiger partial charge < -0.3 is 30.4 Å². The fourth-order valence-corrected chi connectivity index (χ4v) is 2.50. The lowest BCUT2D eigenvalue weighted by Crippen LogP contribution is -2.33. The molecule has 1 aliphatic heterocycles. The van der Waals surface area contributed by atoms with Gasteiger partial charge in [0.1, 0.15) is 42.2 Å². The van der Waals surface area contributed by atoms with Crippen LogP contribution < -0.4 is 5.73 Å². The Kier molecular flexibility index (Phi) is 3.23. The molecule has 0 bridgehead atoms. The monoisotopic (exact) mass is 291 g/mol. The van der Waals surface area contributed by atoms with Gasteiger partial charge in [0, 0.05) is 6.20 Å². The molecule has 9 nitrogen and oxygen atoms in total. The summed E-state index contributed by atoms with van der Waals surface area (Å²) in [5, 5.41) is 38.5. The van der Waals surface area contributed by atoms with Crippen LogP contribution in [0.1, 0.15) is 11.8 Å². The minimum Gasteiger partial charge on any atom is -0.394 e. The summed E-state index contributed by atoms with van der Waals surface area (Å²) in [4.78, 5) is 7.88. The summed E-state index contributed by atoms with van der Waals surface area (Å²) < 4.78 is 6.84. The zero-order valence-electron chi connectivity index (χ0n) is 10.8. The summed E-state index contributed by atoms with van der Waals surface area (Å²) in [5.41, 5.74) is 6.30. The Labute approximate surface area is 118 Å². The van der Waals surface area contributed by atoms with Crippen molar-refractivity contribution in [2.24, 2.45) is 0 Å². The Balaban J connectivity index is 2.14. The highest BCUT2D eigenvalue weighted by Gasteiger charge is 2.44. The molecular weight excluding hydrogens is 278 g/mol. The van der Waals surface area contributed by atoms with E-state index in [9.17, 15) is 10.2 Å². The second-order valence-electron chi connectivity index (χ2n) is 4.75. The van der Waals surface area contributed by atoms with Gasteiger partial charge in [0.2, 0.25) is 0 Å². The van der Waals surface area contributed by atoms with Crippen molar-refractivity contribution in [3.8, 4) is 6.07 Å². The van der Waals surface area contributed by atoms with E-state index < -0.39 is 31.1 Å². The predicted octanol–water partition coefficient (Wildman–Crippen LogP) is -1.50. The van der Waals surface area contributed by atoms with Crippen molar-refractivity contribution in [3.05, 3.63) is 18.1 Å². The Morgan fingerprint density at radius 1 is 1.38 bits per heavy atom. The van der Waals surface area contributed by atoms with Gasteiger partial charge in [-0.15, -0.1) is 0 Å². The maximum atomic E-state index is 10.1. The van der Waals surface area contributed by atoms with Gasteiger partial charge in [-0.1, -0.05) is 0 Å². The van der Waals surface area contributed by atoms with Gasteiger partial charge in [-0.05, 0) is 0 Å². The first-order chi connectivity index (χ1) is 10.1. The highest BCUT2D eigenvalue weighted by Crippen LogP contribution is 2.34. The fraction of sp³-hybridized carbons (Fsp3) is 0.417. The molecular formula is C12H13N5O4. The summed E-state index contributed by atoms with van der Waals surface area (Å²) in [7, 11) is 0. The van der Waals surface area contributed by atoms with E-state index in [1.165, 1.54) is 17.1 Å². The molecule has 1 saturated heterocycles. The van der Waals surface area contributed by atoms with Gasteiger partial charge in [-0.2, -0.15) is 5.26 Å². The number of ether oxygens (including phenoxy) is 1. The molecule has 2 aromatic rings. The number of hydrogen-bond donors (Lipinski definition) is 4. The van der Waals surface area contributed by atoms with Crippen LogP contribution in [0.4, 0.5) is 5.82 Å². The third-order valence-electron chi connectivity index (χ3n) is 3.55. The fourth-order valence-electron chi connectivity index (χ4n) is 2.50. The maximum Gasteiger partial charge on any atom is 0.164 e. The van der Waals surface area contributed by atoms with Crippen LogP contribution in [-0.2, 0) is 4.74 Å². The lowest BCUT2D eigenvalue weighted by Gasteiger charge is -2.17. The lowest BCUT2D eigenvalue weighted by molar-refractivity contribution is -0.0508. The number of anilines is 1. The Morgan fingerprint density at radius 2 is 2.14 bits per heavy atom. The van der Waals surface area contributed by atoms with E-state index in [2.05, 4.69) is 9.97 Å². The maximum absolute atomic E-state index is 10.1. The molecule has 1 fully saturated rings. The molecule has 3 rings (SSSR count). The third-order valence-corrected chi connectivity index (χ3v) is 3.55. The molecule has 0 aliphatic carbocycles. The minimum absolute atomic E-state index is 0.141. The van der Waals surface area contributed by atoms with E-state index in [1.807, 2.05) is 6.07 Å². The number of nitrogen functional groups attached to an aromatic ring is 1. The average Bonchev–Trinajstić information content (AvgIpc) is 2.99. The first-order valence-electron chi connectivity index (χ1n) is 6.22. The summed E-state index contributed by atoms with van der Waals surface area (Å²) in [6.45, 7) is -0.434. The van der Waals surface area contributed by atoms with Gasteiger partial charge in [0.15, 0.2) is 6.23 Å². The van der Waals surface area contributed by atoms with Crippen molar-refractivity contribution in [3.63, 3.8) is 0 Å². The van der Waals surface area contributed by atoms with Crippen molar-refractivity contribution >= 4 is 16.9 Å². The van der Waals surface area contributed by atoms with Gasteiger partial charge in [0.25, 0.3) is 0 Å². The van der Waals surface area contributed by atoms with Crippen molar-refractivity contribution in [2.45, 2.75) is 24.5 Å². The summed E-state index contributed by atoms with van der Waals surface area (Å²) in [6, 6.07) is 1.98. The topological polar surface area (TPSA) is 150 Å². The van der Waals surface area contributed by atoms with Gasteiger partial charge in [0.05, 0.1) is 17.6 Å². The average molecular weight is 291 g/mol. The number of nitrogens with two attached hydrogens (primary N) is 1. The van der Waals surface area contributed by atoms with Crippen molar-refractivity contribution < 1.29 is 20.1 Å². The number of nitriles is 1. The van der Waals surface area contributed by atoms with Crippen LogP contribution in [-0.4, -0.2) is 54.8 Å². The van der Waals surface area contributed by atoms with Crippen LogP contribution in [0.15, 0.2) is 12.5 Å². The molecule has 0 radical (unpaired) electrons. The molecule has 0 unspecified atom stereocenters. The number of aliphatic hydroxyl groups excluding tert-OH is 3. The highest BCUT2D eigenvalue weighted by atomic mass is 16.6. The van der Waals surface area contributed by atoms with Crippen molar-refractivity contribution in [1.29, 1.82) is 5.26 Å². The second-order valence-corrected chi connectivity index (χ2v) is 4.75. The van der Waals surface area contributed by atoms with Crippen LogP contribution in [0.2, 0.25) is 0 Å². The lowest BCUT2D eigenvalue weighted by atomic mass is 10.1. The molecule has 0 aromatic carbocycles. The number of nitrogens with zero attached hydrogens (tertiary/aromatic N) is 4. The van der Waals surface area contributed by atoms with Crippen LogP contribution in [0.5, 0.6) is 0 Å². The van der Waals surface area contributed by atoms with E-state index >= 15 is 0 Å². The number of fused-ring (bicyclic) bond motifs is 1. The molecule has 0 saturated carbocycles. The van der Waals surface area contributed by atoms with Crippen LogP contribution in [0.3, 0.4) is 0 Å². The molecule has 5 N–H and O–H groups in total. The third kappa shape index (κ3) is 1.93. The zero-order chi connectivity index (χ0) is 15.1. The Hall–Kier alpha value is -2.25. The van der Waals surface area contributed by atoms with Crippen molar-refractivity contribution in [1.82, 2.24) is 14.5 Å². The predicted molar refractivity (Wildman–Crippen MR) is 69.7 cm³/mol. The van der Waals surface area contributed by atoms with E-state index in [0.29, 0.717) is 11.0 Å². The van der Waals surface area contributed by atoms with E-state index in [-0.39, 0.29) is 11.4 Å². The Morgan fingerprint density at radius 3 is 2.76 bits per heavy atom. The van der Waals surface area contributed by atoms with Crippen LogP contribution in [0.25, 0.3) is 11.0 Å². The SMILES string of the molecule is N#Cc1cn([C@H]2O[C@@H](CO)[C@H](O)[C@H]2O)c2ncnc(N)c12. The largest absolute Gasteiger partial charge is 0.394 e. The standard InChI is InChI=1S/C12H13N5O4/c13-1-5-2-17(11-7(5)10(14)15-4-16-11)12-9(20)8(19)6(3-18)21-12/h2,4,6,8-9,12,18-20H,3H2,(H2,14,15,16)/t6-,8-,9+,12-/m0/s1. The van der Waals surface area contributed by atoms with Gasteiger partial charge in [-0.25, -0.2) is 9.97 Å². The smallest absolute Gasteiger partial charge is 0.164 e. The number of rotatable bonds is 2. The quantitative estimate of drug-likeness (QED) is 0.521. The van der Waals surface area contributed by atoms with Gasteiger partial charge in [-0.3, -0.25) is 0 Å². The normalized spacial score (nSPS) is 28.9. The number of aliphatic hydroxyl groups is 3. The second kappa shape index (κ2) is 4.94. The molecule has 4 atom stereocenters. The highest BCUT2D eigenvalue weighted by molar-refractivity contribution is 5.91. The number of hydrogen-bond acceptors (Lipinski definition) is 8. The van der Waals surface area contributed by atoms with Gasteiger partial charge >= 0.3 is 0 Å². The molecule has 110 valence electrons.